The van der Waals surface area contributed by atoms with Crippen molar-refractivity contribution in [1.82, 2.24) is 20.2 Å². The van der Waals surface area contributed by atoms with Crippen molar-refractivity contribution >= 4 is 11.7 Å². The Morgan fingerprint density at radius 3 is 2.23 bits per heavy atom. The number of aliphatic hydroxyl groups is 1. The first-order chi connectivity index (χ1) is 18.7. The fourth-order valence-electron chi connectivity index (χ4n) is 7.20. The summed E-state index contributed by atoms with van der Waals surface area (Å²) in [4.78, 5) is 27.9. The minimum atomic E-state index is -0.199. The van der Waals surface area contributed by atoms with Gasteiger partial charge in [0.05, 0.1) is 6.10 Å². The van der Waals surface area contributed by atoms with Crippen molar-refractivity contribution in [3.05, 3.63) is 17.6 Å². The third kappa shape index (κ3) is 7.72. The molecule has 39 heavy (non-hydrogen) atoms. The Bertz CT molecular complexity index is 932. The van der Waals surface area contributed by atoms with Gasteiger partial charge < -0.3 is 15.3 Å². The molecule has 218 valence electrons. The van der Waals surface area contributed by atoms with Crippen LogP contribution in [0.15, 0.2) is 6.07 Å². The predicted molar refractivity (Wildman–Crippen MR) is 157 cm³/mol. The maximum Gasteiger partial charge on any atom is 0.223 e. The highest BCUT2D eigenvalue weighted by atomic mass is 16.3. The lowest BCUT2D eigenvalue weighted by molar-refractivity contribution is -0.127. The van der Waals surface area contributed by atoms with Crippen LogP contribution in [-0.4, -0.2) is 70.8 Å². The van der Waals surface area contributed by atoms with E-state index < -0.39 is 0 Å². The minimum absolute atomic E-state index is 0.0353. The highest BCUT2D eigenvalue weighted by molar-refractivity contribution is 5.79. The molecule has 0 aromatic carbocycles. The second kappa shape index (κ2) is 12.8. The van der Waals surface area contributed by atoms with E-state index in [9.17, 15) is 9.90 Å². The highest BCUT2D eigenvalue weighted by Gasteiger charge is 2.30. The zero-order chi connectivity index (χ0) is 27.4. The summed E-state index contributed by atoms with van der Waals surface area (Å²) >= 11 is 0. The molecule has 1 saturated heterocycles. The summed E-state index contributed by atoms with van der Waals surface area (Å²) in [5, 5.41) is 13.0. The summed E-state index contributed by atoms with van der Waals surface area (Å²) < 4.78 is 0. The van der Waals surface area contributed by atoms with E-state index in [1.807, 2.05) is 0 Å². The van der Waals surface area contributed by atoms with Crippen molar-refractivity contribution < 1.29 is 9.90 Å². The Morgan fingerprint density at radius 1 is 0.923 bits per heavy atom. The molecule has 4 fully saturated rings. The van der Waals surface area contributed by atoms with E-state index >= 15 is 0 Å². The lowest BCUT2D eigenvalue weighted by atomic mass is 9.83. The molecule has 1 aromatic heterocycles. The Hall–Kier alpha value is -1.73. The number of carbonyl (C=O) groups is 1. The molecule has 3 aliphatic carbocycles. The molecule has 7 nitrogen and oxygen atoms in total. The van der Waals surface area contributed by atoms with E-state index in [1.54, 1.807) is 0 Å². The van der Waals surface area contributed by atoms with Gasteiger partial charge in [-0.15, -0.1) is 0 Å². The second-order valence-corrected chi connectivity index (χ2v) is 14.1. The summed E-state index contributed by atoms with van der Waals surface area (Å²) in [6.45, 7) is 12.2. The maximum atomic E-state index is 12.7. The van der Waals surface area contributed by atoms with Crippen LogP contribution in [0.2, 0.25) is 0 Å². The van der Waals surface area contributed by atoms with E-state index in [-0.39, 0.29) is 23.3 Å². The number of aromatic nitrogens is 2. The molecule has 0 atom stereocenters. The zero-order valence-corrected chi connectivity index (χ0v) is 24.8. The fourth-order valence-corrected chi connectivity index (χ4v) is 7.20. The number of piperazine rings is 1. The number of carbonyl (C=O) groups excluding carboxylic acids is 1. The number of nitrogens with zero attached hydrogens (tertiary/aromatic N) is 4. The van der Waals surface area contributed by atoms with E-state index in [0.717, 1.165) is 82.3 Å². The largest absolute Gasteiger partial charge is 0.393 e. The van der Waals surface area contributed by atoms with Gasteiger partial charge in [-0.3, -0.25) is 9.69 Å². The fraction of sp³-hybridized carbons (Fsp3) is 0.844. The molecular weight excluding hydrogens is 486 g/mol. The summed E-state index contributed by atoms with van der Waals surface area (Å²) in [5.74, 6) is 3.87. The maximum absolute atomic E-state index is 12.7. The van der Waals surface area contributed by atoms with Crippen LogP contribution in [0, 0.1) is 11.8 Å². The van der Waals surface area contributed by atoms with Crippen LogP contribution >= 0.6 is 0 Å². The van der Waals surface area contributed by atoms with Gasteiger partial charge in [0.15, 0.2) is 0 Å². The van der Waals surface area contributed by atoms with Crippen molar-refractivity contribution in [2.75, 3.05) is 37.6 Å². The normalized spacial score (nSPS) is 29.5. The van der Waals surface area contributed by atoms with Gasteiger partial charge in [-0.25, -0.2) is 9.97 Å². The standard InChI is InChI=1S/C32H53N5O2/c1-32(2,3)31-34-28(24-6-4-5-7-24)22-29(35-31)37-20-18-36(19-21-37)17-16-23-8-12-26(13-9-23)33-30(39)25-10-14-27(38)15-11-25/h22-27,38H,4-21H2,1-3H3,(H,33,39). The average Bonchev–Trinajstić information content (AvgIpc) is 3.48. The van der Waals surface area contributed by atoms with Crippen LogP contribution in [0.3, 0.4) is 0 Å². The first kappa shape index (κ1) is 28.8. The molecule has 3 saturated carbocycles. The number of hydrogen-bond acceptors (Lipinski definition) is 6. The number of rotatable bonds is 7. The number of anilines is 1. The number of hydrogen-bond donors (Lipinski definition) is 2. The van der Waals surface area contributed by atoms with Crippen molar-refractivity contribution in [2.24, 2.45) is 11.8 Å². The summed E-state index contributed by atoms with van der Waals surface area (Å²) in [5.41, 5.74) is 1.24. The molecule has 1 aromatic rings. The Labute approximate surface area is 236 Å². The summed E-state index contributed by atoms with van der Waals surface area (Å²) in [6, 6.07) is 2.65. The molecule has 1 aliphatic heterocycles. The molecule has 5 rings (SSSR count). The van der Waals surface area contributed by atoms with Gasteiger partial charge in [0.25, 0.3) is 0 Å². The van der Waals surface area contributed by atoms with Crippen molar-refractivity contribution in [2.45, 2.75) is 128 Å². The van der Waals surface area contributed by atoms with Gasteiger partial charge in [0, 0.05) is 61.2 Å². The van der Waals surface area contributed by atoms with Crippen molar-refractivity contribution in [3.8, 4) is 0 Å². The monoisotopic (exact) mass is 539 g/mol. The molecule has 0 bridgehead atoms. The quantitative estimate of drug-likeness (QED) is 0.498. The number of nitrogens with one attached hydrogen (secondary N) is 1. The van der Waals surface area contributed by atoms with Crippen molar-refractivity contribution in [3.63, 3.8) is 0 Å². The minimum Gasteiger partial charge on any atom is -0.393 e. The van der Waals surface area contributed by atoms with Gasteiger partial charge in [-0.2, -0.15) is 0 Å². The number of aliphatic hydroxyl groups excluding tert-OH is 1. The van der Waals surface area contributed by atoms with Gasteiger partial charge in [-0.05, 0) is 83.1 Å². The third-order valence-electron chi connectivity index (χ3n) is 9.99. The molecule has 2 N–H and O–H groups in total. The van der Waals surface area contributed by atoms with Crippen molar-refractivity contribution in [1.29, 1.82) is 0 Å². The van der Waals surface area contributed by atoms with Gasteiger partial charge >= 0.3 is 0 Å². The molecule has 4 aliphatic rings. The summed E-state index contributed by atoms with van der Waals surface area (Å²) in [6.07, 6.45) is 14.2. The summed E-state index contributed by atoms with van der Waals surface area (Å²) in [7, 11) is 0. The molecule has 0 unspecified atom stereocenters. The van der Waals surface area contributed by atoms with Gasteiger partial charge in [-0.1, -0.05) is 33.6 Å². The second-order valence-electron chi connectivity index (χ2n) is 14.1. The first-order valence-corrected chi connectivity index (χ1v) is 16.1. The van der Waals surface area contributed by atoms with Crippen LogP contribution < -0.4 is 10.2 Å². The molecular formula is C32H53N5O2. The topological polar surface area (TPSA) is 81.6 Å². The van der Waals surface area contributed by atoms with Gasteiger partial charge in [0.1, 0.15) is 11.6 Å². The average molecular weight is 540 g/mol. The molecule has 2 heterocycles. The van der Waals surface area contributed by atoms with E-state index in [4.69, 9.17) is 9.97 Å². The molecule has 0 radical (unpaired) electrons. The smallest absolute Gasteiger partial charge is 0.223 e. The van der Waals surface area contributed by atoms with E-state index in [0.29, 0.717) is 12.0 Å². The molecule has 0 spiro atoms. The molecule has 1 amide bonds. The predicted octanol–water partition coefficient (Wildman–Crippen LogP) is 5.17. The van der Waals surface area contributed by atoms with Crippen LogP contribution in [0.4, 0.5) is 5.82 Å². The highest BCUT2D eigenvalue weighted by Crippen LogP contribution is 2.36. The van der Waals surface area contributed by atoms with Crippen LogP contribution in [0.1, 0.15) is 122 Å². The third-order valence-corrected chi connectivity index (χ3v) is 9.99. The van der Waals surface area contributed by atoms with Crippen LogP contribution in [-0.2, 0) is 10.2 Å². The Kier molecular flexibility index (Phi) is 9.48. The lowest BCUT2D eigenvalue weighted by Crippen LogP contribution is -2.47. The first-order valence-electron chi connectivity index (χ1n) is 16.1. The zero-order valence-electron chi connectivity index (χ0n) is 24.8. The van der Waals surface area contributed by atoms with E-state index in [2.05, 4.69) is 42.0 Å². The Morgan fingerprint density at radius 2 is 1.59 bits per heavy atom. The van der Waals surface area contributed by atoms with Gasteiger partial charge in [0.2, 0.25) is 5.91 Å². The lowest BCUT2D eigenvalue weighted by Gasteiger charge is -2.37. The SMILES string of the molecule is CC(C)(C)c1nc(C2CCCC2)cc(N2CCN(CCC3CCC(NC(=O)C4CCC(O)CC4)CC3)CC2)n1. The van der Waals surface area contributed by atoms with E-state index in [1.165, 1.54) is 57.2 Å². The Balaban J connectivity index is 1.05. The number of amides is 1. The van der Waals surface area contributed by atoms with Crippen LogP contribution in [0.25, 0.3) is 0 Å². The molecule has 7 heteroatoms. The van der Waals surface area contributed by atoms with Crippen LogP contribution in [0.5, 0.6) is 0 Å².